The predicted molar refractivity (Wildman–Crippen MR) is 74.9 cm³/mol. The second-order valence-electron chi connectivity index (χ2n) is 4.37. The molecule has 0 saturated carbocycles. The highest BCUT2D eigenvalue weighted by Crippen LogP contribution is 2.17. The molecule has 0 bridgehead atoms. The van der Waals surface area contributed by atoms with Crippen molar-refractivity contribution >= 4 is 11.3 Å². The van der Waals surface area contributed by atoms with Crippen molar-refractivity contribution in [3.8, 4) is 5.88 Å². The SMILES string of the molecule is CC(C)NCc1cccnc1OCc1cccs1. The lowest BCUT2D eigenvalue weighted by Crippen LogP contribution is -2.22. The quantitative estimate of drug-likeness (QED) is 0.868. The van der Waals surface area contributed by atoms with E-state index in [0.717, 1.165) is 18.0 Å². The monoisotopic (exact) mass is 262 g/mol. The van der Waals surface area contributed by atoms with Crippen LogP contribution in [0.15, 0.2) is 35.8 Å². The first-order valence-corrected chi connectivity index (χ1v) is 6.96. The van der Waals surface area contributed by atoms with E-state index in [2.05, 4.69) is 35.6 Å². The van der Waals surface area contributed by atoms with Crippen LogP contribution >= 0.6 is 11.3 Å². The molecule has 0 aliphatic rings. The van der Waals surface area contributed by atoms with Gasteiger partial charge in [-0.05, 0) is 17.5 Å². The van der Waals surface area contributed by atoms with Crippen molar-refractivity contribution in [2.45, 2.75) is 33.0 Å². The first kappa shape index (κ1) is 13.1. The van der Waals surface area contributed by atoms with E-state index in [1.54, 1.807) is 17.5 Å². The number of ether oxygens (including phenoxy) is 1. The van der Waals surface area contributed by atoms with Gasteiger partial charge >= 0.3 is 0 Å². The van der Waals surface area contributed by atoms with E-state index in [0.29, 0.717) is 12.6 Å². The topological polar surface area (TPSA) is 34.2 Å². The van der Waals surface area contributed by atoms with Gasteiger partial charge in [0.2, 0.25) is 5.88 Å². The van der Waals surface area contributed by atoms with Crippen LogP contribution in [0, 0.1) is 0 Å². The molecule has 0 amide bonds. The average Bonchev–Trinajstić information content (AvgIpc) is 2.88. The van der Waals surface area contributed by atoms with Gasteiger partial charge < -0.3 is 10.1 Å². The summed E-state index contributed by atoms with van der Waals surface area (Å²) < 4.78 is 5.77. The number of rotatable bonds is 6. The molecular formula is C14H18N2OS. The summed E-state index contributed by atoms with van der Waals surface area (Å²) >= 11 is 1.70. The van der Waals surface area contributed by atoms with Crippen molar-refractivity contribution in [3.05, 3.63) is 46.3 Å². The number of thiophene rings is 1. The summed E-state index contributed by atoms with van der Waals surface area (Å²) in [7, 11) is 0. The Bertz CT molecular complexity index is 468. The molecule has 0 aliphatic heterocycles. The zero-order valence-corrected chi connectivity index (χ0v) is 11.5. The van der Waals surface area contributed by atoms with Crippen LogP contribution in [0.4, 0.5) is 0 Å². The third-order valence-electron chi connectivity index (χ3n) is 2.48. The Kier molecular flexibility index (Phi) is 4.73. The Labute approximate surface area is 112 Å². The summed E-state index contributed by atoms with van der Waals surface area (Å²) in [6.07, 6.45) is 1.77. The van der Waals surface area contributed by atoms with Gasteiger partial charge in [-0.1, -0.05) is 26.0 Å². The summed E-state index contributed by atoms with van der Waals surface area (Å²) in [5, 5.41) is 5.43. The summed E-state index contributed by atoms with van der Waals surface area (Å²) in [6, 6.07) is 8.54. The van der Waals surface area contributed by atoms with Gasteiger partial charge in [0.1, 0.15) is 6.61 Å². The van der Waals surface area contributed by atoms with Crippen LogP contribution in [0.5, 0.6) is 5.88 Å². The highest BCUT2D eigenvalue weighted by Gasteiger charge is 2.05. The first-order chi connectivity index (χ1) is 8.75. The Morgan fingerprint density at radius 2 is 2.22 bits per heavy atom. The molecule has 0 atom stereocenters. The fourth-order valence-corrected chi connectivity index (χ4v) is 2.15. The molecule has 2 rings (SSSR count). The molecule has 1 N–H and O–H groups in total. The van der Waals surface area contributed by atoms with Crippen molar-refractivity contribution in [1.29, 1.82) is 0 Å². The Morgan fingerprint density at radius 3 is 2.94 bits per heavy atom. The highest BCUT2D eigenvalue weighted by molar-refractivity contribution is 7.09. The molecule has 3 nitrogen and oxygen atoms in total. The Balaban J connectivity index is 1.98. The standard InChI is InChI=1S/C14H18N2OS/c1-11(2)16-9-12-5-3-7-15-14(12)17-10-13-6-4-8-18-13/h3-8,11,16H,9-10H2,1-2H3. The minimum absolute atomic E-state index is 0.454. The van der Waals surface area contributed by atoms with Crippen LogP contribution < -0.4 is 10.1 Å². The number of hydrogen-bond donors (Lipinski definition) is 1. The molecule has 0 saturated heterocycles. The van der Waals surface area contributed by atoms with E-state index in [1.165, 1.54) is 4.88 Å². The molecule has 2 aromatic heterocycles. The Hall–Kier alpha value is -1.39. The second-order valence-corrected chi connectivity index (χ2v) is 5.40. The molecule has 0 unspecified atom stereocenters. The van der Waals surface area contributed by atoms with Gasteiger partial charge in [0.05, 0.1) is 0 Å². The van der Waals surface area contributed by atoms with Gasteiger partial charge in [-0.15, -0.1) is 11.3 Å². The molecule has 2 aromatic rings. The molecule has 0 aromatic carbocycles. The van der Waals surface area contributed by atoms with E-state index in [-0.39, 0.29) is 0 Å². The Morgan fingerprint density at radius 1 is 1.33 bits per heavy atom. The highest BCUT2D eigenvalue weighted by atomic mass is 32.1. The molecule has 2 heterocycles. The minimum atomic E-state index is 0.454. The largest absolute Gasteiger partial charge is 0.472 e. The van der Waals surface area contributed by atoms with Gasteiger partial charge in [0.15, 0.2) is 0 Å². The van der Waals surface area contributed by atoms with E-state index >= 15 is 0 Å². The third-order valence-corrected chi connectivity index (χ3v) is 3.33. The van der Waals surface area contributed by atoms with Crippen LogP contribution in [0.3, 0.4) is 0 Å². The first-order valence-electron chi connectivity index (χ1n) is 6.08. The number of aromatic nitrogens is 1. The van der Waals surface area contributed by atoms with Gasteiger partial charge in [-0.2, -0.15) is 0 Å². The van der Waals surface area contributed by atoms with Crippen molar-refractivity contribution < 1.29 is 4.74 Å². The molecular weight excluding hydrogens is 244 g/mol. The minimum Gasteiger partial charge on any atom is -0.472 e. The predicted octanol–water partition coefficient (Wildman–Crippen LogP) is 3.22. The van der Waals surface area contributed by atoms with Crippen LogP contribution in [0.2, 0.25) is 0 Å². The smallest absolute Gasteiger partial charge is 0.218 e. The summed E-state index contributed by atoms with van der Waals surface area (Å²) in [4.78, 5) is 5.51. The van der Waals surface area contributed by atoms with Gasteiger partial charge in [-0.3, -0.25) is 0 Å². The number of hydrogen-bond acceptors (Lipinski definition) is 4. The van der Waals surface area contributed by atoms with Crippen molar-refractivity contribution in [2.75, 3.05) is 0 Å². The lowest BCUT2D eigenvalue weighted by molar-refractivity contribution is 0.292. The zero-order chi connectivity index (χ0) is 12.8. The second kappa shape index (κ2) is 6.52. The summed E-state index contributed by atoms with van der Waals surface area (Å²) in [5.41, 5.74) is 1.10. The lowest BCUT2D eigenvalue weighted by atomic mass is 10.2. The lowest BCUT2D eigenvalue weighted by Gasteiger charge is -2.12. The number of nitrogens with one attached hydrogen (secondary N) is 1. The van der Waals surface area contributed by atoms with Gasteiger partial charge in [-0.25, -0.2) is 4.98 Å². The van der Waals surface area contributed by atoms with Crippen LogP contribution in [-0.4, -0.2) is 11.0 Å². The molecule has 0 fully saturated rings. The number of nitrogens with zero attached hydrogens (tertiary/aromatic N) is 1. The van der Waals surface area contributed by atoms with Crippen molar-refractivity contribution in [3.63, 3.8) is 0 Å². The fourth-order valence-electron chi connectivity index (χ4n) is 1.54. The van der Waals surface area contributed by atoms with E-state index in [1.807, 2.05) is 18.2 Å². The molecule has 18 heavy (non-hydrogen) atoms. The summed E-state index contributed by atoms with van der Waals surface area (Å²) in [5.74, 6) is 0.721. The molecule has 0 aliphatic carbocycles. The van der Waals surface area contributed by atoms with Crippen molar-refractivity contribution in [1.82, 2.24) is 10.3 Å². The molecule has 0 radical (unpaired) electrons. The maximum atomic E-state index is 5.77. The van der Waals surface area contributed by atoms with Crippen LogP contribution in [0.1, 0.15) is 24.3 Å². The fraction of sp³-hybridized carbons (Fsp3) is 0.357. The van der Waals surface area contributed by atoms with E-state index < -0.39 is 0 Å². The maximum Gasteiger partial charge on any atom is 0.218 e. The number of pyridine rings is 1. The summed E-state index contributed by atoms with van der Waals surface area (Å²) in [6.45, 7) is 5.62. The van der Waals surface area contributed by atoms with Gasteiger partial charge in [0.25, 0.3) is 0 Å². The van der Waals surface area contributed by atoms with E-state index in [4.69, 9.17) is 4.74 Å². The van der Waals surface area contributed by atoms with Gasteiger partial charge in [0, 0.05) is 29.2 Å². The zero-order valence-electron chi connectivity index (χ0n) is 10.7. The normalized spacial score (nSPS) is 10.8. The van der Waals surface area contributed by atoms with Crippen LogP contribution in [-0.2, 0) is 13.2 Å². The average molecular weight is 262 g/mol. The van der Waals surface area contributed by atoms with Crippen LogP contribution in [0.25, 0.3) is 0 Å². The molecule has 96 valence electrons. The molecule has 0 spiro atoms. The van der Waals surface area contributed by atoms with E-state index in [9.17, 15) is 0 Å². The maximum absolute atomic E-state index is 5.77. The molecule has 4 heteroatoms. The van der Waals surface area contributed by atoms with Crippen molar-refractivity contribution in [2.24, 2.45) is 0 Å². The third kappa shape index (κ3) is 3.82.